The molecule has 0 saturated carbocycles. The summed E-state index contributed by atoms with van der Waals surface area (Å²) in [6, 6.07) is 12.2. The third-order valence-corrected chi connectivity index (χ3v) is 4.34. The molecule has 1 aliphatic carbocycles. The van der Waals surface area contributed by atoms with Crippen LogP contribution in [0, 0.1) is 0 Å². The summed E-state index contributed by atoms with van der Waals surface area (Å²) in [6.45, 7) is 6.31. The van der Waals surface area contributed by atoms with Gasteiger partial charge >= 0.3 is 0 Å². The molecule has 1 aliphatic rings. The van der Waals surface area contributed by atoms with Crippen molar-refractivity contribution in [2.24, 2.45) is 4.99 Å². The third-order valence-electron chi connectivity index (χ3n) is 4.34. The van der Waals surface area contributed by atoms with Crippen molar-refractivity contribution in [1.82, 2.24) is 0 Å². The van der Waals surface area contributed by atoms with Crippen molar-refractivity contribution in [3.8, 4) is 5.75 Å². The second kappa shape index (κ2) is 5.60. The molecular formula is C20H23NO. The molecule has 0 atom stereocenters. The van der Waals surface area contributed by atoms with E-state index in [-0.39, 0.29) is 5.41 Å². The molecule has 3 rings (SSSR count). The summed E-state index contributed by atoms with van der Waals surface area (Å²) in [4.78, 5) is 4.65. The summed E-state index contributed by atoms with van der Waals surface area (Å²) in [5.74, 6) is 0.339. The molecule has 2 heteroatoms. The number of para-hydroxylation sites is 1. The van der Waals surface area contributed by atoms with Crippen LogP contribution in [0.1, 0.15) is 49.4 Å². The highest BCUT2D eigenvalue weighted by Gasteiger charge is 2.19. The molecule has 114 valence electrons. The van der Waals surface area contributed by atoms with Crippen molar-refractivity contribution >= 4 is 11.9 Å². The maximum atomic E-state index is 10.5. The fourth-order valence-electron chi connectivity index (χ4n) is 3.13. The van der Waals surface area contributed by atoms with Gasteiger partial charge in [-0.15, -0.1) is 0 Å². The van der Waals surface area contributed by atoms with Crippen LogP contribution < -0.4 is 0 Å². The van der Waals surface area contributed by atoms with Crippen LogP contribution in [0.3, 0.4) is 0 Å². The first kappa shape index (κ1) is 14.8. The molecule has 0 bridgehead atoms. The Labute approximate surface area is 132 Å². The van der Waals surface area contributed by atoms with Gasteiger partial charge < -0.3 is 5.11 Å². The maximum absolute atomic E-state index is 10.5. The Kier molecular flexibility index (Phi) is 3.78. The number of phenolic OH excluding ortho intramolecular Hbond substituents is 1. The lowest BCUT2D eigenvalue weighted by atomic mass is 9.85. The normalized spacial score (nSPS) is 14.5. The number of aromatic hydroxyl groups is 1. The molecule has 0 spiro atoms. The van der Waals surface area contributed by atoms with Crippen molar-refractivity contribution in [3.05, 3.63) is 58.7 Å². The highest BCUT2D eigenvalue weighted by Crippen LogP contribution is 2.34. The second-order valence-electron chi connectivity index (χ2n) is 7.02. The number of benzene rings is 2. The molecule has 0 saturated heterocycles. The molecule has 0 amide bonds. The number of aliphatic imine (C=N–C) groups is 1. The standard InChI is InChI=1S/C20H23NO/c1-20(2,3)17-11-5-9-15(19(17)22)13-21-18-12-6-8-14-7-4-10-16(14)18/h5-6,8-9,11-13,22H,4,7,10H2,1-3H3. The van der Waals surface area contributed by atoms with Crippen LogP contribution in [0.25, 0.3) is 0 Å². The fraction of sp³-hybridized carbons (Fsp3) is 0.350. The highest BCUT2D eigenvalue weighted by molar-refractivity contribution is 5.86. The van der Waals surface area contributed by atoms with Crippen LogP contribution in [-0.4, -0.2) is 11.3 Å². The zero-order valence-corrected chi connectivity index (χ0v) is 13.6. The molecule has 0 aliphatic heterocycles. The molecule has 2 aromatic rings. The predicted molar refractivity (Wildman–Crippen MR) is 92.5 cm³/mol. The van der Waals surface area contributed by atoms with E-state index in [0.29, 0.717) is 5.75 Å². The van der Waals surface area contributed by atoms with Gasteiger partial charge in [-0.25, -0.2) is 0 Å². The summed E-state index contributed by atoms with van der Waals surface area (Å²) in [5, 5.41) is 10.5. The smallest absolute Gasteiger partial charge is 0.128 e. The van der Waals surface area contributed by atoms with E-state index >= 15 is 0 Å². The van der Waals surface area contributed by atoms with Gasteiger partial charge in [0.05, 0.1) is 5.69 Å². The van der Waals surface area contributed by atoms with Gasteiger partial charge in [-0.3, -0.25) is 4.99 Å². The van der Waals surface area contributed by atoms with Crippen LogP contribution in [0.5, 0.6) is 5.75 Å². The zero-order chi connectivity index (χ0) is 15.7. The number of hydrogen-bond donors (Lipinski definition) is 1. The van der Waals surface area contributed by atoms with E-state index in [2.05, 4.69) is 44.0 Å². The molecular weight excluding hydrogens is 270 g/mol. The Hall–Kier alpha value is -2.09. The van der Waals surface area contributed by atoms with E-state index in [1.807, 2.05) is 18.2 Å². The van der Waals surface area contributed by atoms with Gasteiger partial charge in [0.1, 0.15) is 5.75 Å². The largest absolute Gasteiger partial charge is 0.507 e. The summed E-state index contributed by atoms with van der Waals surface area (Å²) in [5.41, 5.74) is 5.47. The molecule has 1 N–H and O–H groups in total. The Morgan fingerprint density at radius 2 is 1.82 bits per heavy atom. The van der Waals surface area contributed by atoms with Gasteiger partial charge in [-0.2, -0.15) is 0 Å². The molecule has 0 heterocycles. The van der Waals surface area contributed by atoms with E-state index in [4.69, 9.17) is 0 Å². The lowest BCUT2D eigenvalue weighted by molar-refractivity contribution is 0.446. The highest BCUT2D eigenvalue weighted by atomic mass is 16.3. The van der Waals surface area contributed by atoms with Gasteiger partial charge in [0.2, 0.25) is 0 Å². The molecule has 0 aromatic heterocycles. The quantitative estimate of drug-likeness (QED) is 0.782. The number of phenols is 1. The Balaban J connectivity index is 1.96. The maximum Gasteiger partial charge on any atom is 0.128 e. The molecule has 22 heavy (non-hydrogen) atoms. The van der Waals surface area contributed by atoms with E-state index in [1.54, 1.807) is 6.21 Å². The minimum atomic E-state index is -0.0814. The lowest BCUT2D eigenvalue weighted by Crippen LogP contribution is -2.11. The minimum absolute atomic E-state index is 0.0814. The summed E-state index contributed by atoms with van der Waals surface area (Å²) in [7, 11) is 0. The Morgan fingerprint density at radius 1 is 1.05 bits per heavy atom. The van der Waals surface area contributed by atoms with Gasteiger partial charge in [0, 0.05) is 11.8 Å². The number of fused-ring (bicyclic) bond motifs is 1. The Bertz CT molecular complexity index is 723. The second-order valence-corrected chi connectivity index (χ2v) is 7.02. The van der Waals surface area contributed by atoms with Crippen molar-refractivity contribution in [1.29, 1.82) is 0 Å². The molecule has 0 unspecified atom stereocenters. The first-order chi connectivity index (χ1) is 10.5. The number of rotatable bonds is 2. The van der Waals surface area contributed by atoms with Crippen LogP contribution in [0.15, 0.2) is 41.4 Å². The van der Waals surface area contributed by atoms with Crippen molar-refractivity contribution in [2.45, 2.75) is 45.4 Å². The third kappa shape index (κ3) is 2.78. The van der Waals surface area contributed by atoms with Crippen LogP contribution in [0.2, 0.25) is 0 Å². The average Bonchev–Trinajstić information content (AvgIpc) is 2.94. The van der Waals surface area contributed by atoms with Crippen LogP contribution in [-0.2, 0) is 18.3 Å². The average molecular weight is 293 g/mol. The van der Waals surface area contributed by atoms with Gasteiger partial charge in [-0.05, 0) is 53.5 Å². The van der Waals surface area contributed by atoms with Crippen LogP contribution >= 0.6 is 0 Å². The number of nitrogens with zero attached hydrogens (tertiary/aromatic N) is 1. The van der Waals surface area contributed by atoms with Crippen molar-refractivity contribution < 1.29 is 5.11 Å². The monoisotopic (exact) mass is 293 g/mol. The van der Waals surface area contributed by atoms with E-state index < -0.39 is 0 Å². The van der Waals surface area contributed by atoms with Gasteiger partial charge in [0.15, 0.2) is 0 Å². The predicted octanol–water partition coefficient (Wildman–Crippen LogP) is 4.93. The van der Waals surface area contributed by atoms with Crippen molar-refractivity contribution in [2.75, 3.05) is 0 Å². The van der Waals surface area contributed by atoms with Crippen LogP contribution in [0.4, 0.5) is 5.69 Å². The molecule has 2 aromatic carbocycles. The zero-order valence-electron chi connectivity index (χ0n) is 13.6. The molecule has 0 radical (unpaired) electrons. The van der Waals surface area contributed by atoms with Gasteiger partial charge in [-0.1, -0.05) is 45.0 Å². The number of hydrogen-bond acceptors (Lipinski definition) is 2. The molecule has 0 fully saturated rings. The van der Waals surface area contributed by atoms with Crippen molar-refractivity contribution in [3.63, 3.8) is 0 Å². The summed E-state index contributed by atoms with van der Waals surface area (Å²) < 4.78 is 0. The van der Waals surface area contributed by atoms with Gasteiger partial charge in [0.25, 0.3) is 0 Å². The summed E-state index contributed by atoms with van der Waals surface area (Å²) in [6.07, 6.45) is 5.27. The van der Waals surface area contributed by atoms with E-state index in [1.165, 1.54) is 17.5 Å². The fourth-order valence-corrected chi connectivity index (χ4v) is 3.13. The molecule has 2 nitrogen and oxygen atoms in total. The first-order valence-electron chi connectivity index (χ1n) is 7.94. The Morgan fingerprint density at radius 3 is 2.59 bits per heavy atom. The minimum Gasteiger partial charge on any atom is -0.507 e. The first-order valence-corrected chi connectivity index (χ1v) is 7.94. The number of aryl methyl sites for hydroxylation is 1. The lowest BCUT2D eigenvalue weighted by Gasteiger charge is -2.21. The van der Waals surface area contributed by atoms with E-state index in [9.17, 15) is 5.11 Å². The summed E-state index contributed by atoms with van der Waals surface area (Å²) >= 11 is 0. The topological polar surface area (TPSA) is 32.6 Å². The SMILES string of the molecule is CC(C)(C)c1cccc(C=Nc2cccc3c2CCC3)c1O. The van der Waals surface area contributed by atoms with E-state index in [0.717, 1.165) is 29.7 Å².